The number of esters is 2. The molecular formula is C78H150NO8P. The van der Waals surface area contributed by atoms with Crippen LogP contribution in [0.3, 0.4) is 0 Å². The molecule has 520 valence electrons. The molecule has 0 radical (unpaired) electrons. The highest BCUT2D eigenvalue weighted by Gasteiger charge is 2.26. The van der Waals surface area contributed by atoms with Gasteiger partial charge in [-0.15, -0.1) is 0 Å². The second kappa shape index (κ2) is 74.3. The van der Waals surface area contributed by atoms with Gasteiger partial charge in [0.25, 0.3) is 0 Å². The highest BCUT2D eigenvalue weighted by atomic mass is 31.2. The van der Waals surface area contributed by atoms with Crippen molar-refractivity contribution < 1.29 is 37.6 Å². The average molecular weight is 1260 g/mol. The number of carbonyl (C=O) groups excluding carboxylic acids is 2. The molecule has 0 heterocycles. The van der Waals surface area contributed by atoms with Crippen molar-refractivity contribution in [3.05, 3.63) is 36.5 Å². The molecule has 88 heavy (non-hydrogen) atoms. The Morgan fingerprint density at radius 3 is 0.875 bits per heavy atom. The van der Waals surface area contributed by atoms with Crippen LogP contribution < -0.4 is 5.73 Å². The molecule has 10 heteroatoms. The van der Waals surface area contributed by atoms with Crippen molar-refractivity contribution in [1.29, 1.82) is 0 Å². The zero-order valence-corrected chi connectivity index (χ0v) is 59.6. The maximum absolute atomic E-state index is 12.8. The van der Waals surface area contributed by atoms with E-state index >= 15 is 0 Å². The Bertz CT molecular complexity index is 1540. The molecule has 0 aliphatic heterocycles. The summed E-state index contributed by atoms with van der Waals surface area (Å²) in [5.74, 6) is -0.800. The molecule has 2 atom stereocenters. The highest BCUT2D eigenvalue weighted by Crippen LogP contribution is 2.43. The standard InChI is InChI=1S/C78H150NO8P/c1-3-5-7-9-11-13-15-17-19-21-23-25-27-29-31-33-34-35-36-37-38-39-40-41-42-43-45-47-49-51-53-55-57-59-61-63-65-67-69-71-78(81)87-76(75-86-88(82,83)85-73-72-79)74-84-77(80)70-68-66-64-62-60-58-56-54-52-50-48-46-44-32-30-28-26-24-22-20-18-16-14-12-10-8-6-4-2/h15,17,21,23,27,29,76H,3-14,16,18-20,22,24-26,28,30-75,79H2,1-2H3,(H,82,83)/b17-15-,23-21-,29-27-. The summed E-state index contributed by atoms with van der Waals surface area (Å²) in [6.07, 6.45) is 94.2. The van der Waals surface area contributed by atoms with Crippen molar-refractivity contribution in [2.45, 2.75) is 424 Å². The molecule has 0 saturated heterocycles. The van der Waals surface area contributed by atoms with E-state index in [1.807, 2.05) is 0 Å². The van der Waals surface area contributed by atoms with Crippen LogP contribution in [0.4, 0.5) is 0 Å². The fraction of sp³-hybridized carbons (Fsp3) is 0.897. The molecule has 0 aliphatic rings. The molecular weight excluding hydrogens is 1110 g/mol. The summed E-state index contributed by atoms with van der Waals surface area (Å²) in [7, 11) is -4.39. The second-order valence-electron chi connectivity index (χ2n) is 26.6. The van der Waals surface area contributed by atoms with Crippen LogP contribution in [0.15, 0.2) is 36.5 Å². The fourth-order valence-corrected chi connectivity index (χ4v) is 12.8. The van der Waals surface area contributed by atoms with E-state index in [0.717, 1.165) is 44.9 Å². The molecule has 0 fully saturated rings. The molecule has 9 nitrogen and oxygen atoms in total. The van der Waals surface area contributed by atoms with Gasteiger partial charge in [-0.1, -0.05) is 391 Å². The van der Waals surface area contributed by atoms with Crippen molar-refractivity contribution in [1.82, 2.24) is 0 Å². The van der Waals surface area contributed by atoms with E-state index in [4.69, 9.17) is 24.3 Å². The number of phosphoric acid groups is 1. The lowest BCUT2D eigenvalue weighted by Crippen LogP contribution is -2.29. The van der Waals surface area contributed by atoms with E-state index in [2.05, 4.69) is 50.3 Å². The van der Waals surface area contributed by atoms with Crippen LogP contribution in [0, 0.1) is 0 Å². The molecule has 0 rings (SSSR count). The number of hydrogen-bond donors (Lipinski definition) is 2. The summed E-state index contributed by atoms with van der Waals surface area (Å²) in [5.41, 5.74) is 5.41. The first-order valence-corrected chi connectivity index (χ1v) is 40.5. The van der Waals surface area contributed by atoms with E-state index in [0.29, 0.717) is 6.42 Å². The van der Waals surface area contributed by atoms with E-state index in [-0.39, 0.29) is 38.6 Å². The smallest absolute Gasteiger partial charge is 0.462 e. The Labute approximate surface area is 547 Å². The first-order chi connectivity index (χ1) is 43.3. The molecule has 3 N–H and O–H groups in total. The van der Waals surface area contributed by atoms with Crippen LogP contribution in [0.2, 0.25) is 0 Å². The summed E-state index contributed by atoms with van der Waals surface area (Å²) in [5, 5.41) is 0. The van der Waals surface area contributed by atoms with Gasteiger partial charge in [-0.05, 0) is 51.4 Å². The Balaban J connectivity index is 3.75. The minimum atomic E-state index is -4.39. The Hall–Kier alpha value is -1.77. The predicted octanol–water partition coefficient (Wildman–Crippen LogP) is 25.8. The van der Waals surface area contributed by atoms with E-state index in [1.165, 1.54) is 340 Å². The van der Waals surface area contributed by atoms with Crippen LogP contribution in [0.25, 0.3) is 0 Å². The first-order valence-electron chi connectivity index (χ1n) is 39.0. The lowest BCUT2D eigenvalue weighted by Gasteiger charge is -2.19. The van der Waals surface area contributed by atoms with Crippen LogP contribution >= 0.6 is 7.82 Å². The van der Waals surface area contributed by atoms with Crippen molar-refractivity contribution >= 4 is 19.8 Å². The molecule has 2 unspecified atom stereocenters. The van der Waals surface area contributed by atoms with E-state index in [9.17, 15) is 19.0 Å². The zero-order valence-electron chi connectivity index (χ0n) is 58.7. The Morgan fingerprint density at radius 1 is 0.341 bits per heavy atom. The number of carbonyl (C=O) groups is 2. The van der Waals surface area contributed by atoms with Crippen molar-refractivity contribution in [2.24, 2.45) is 5.73 Å². The first kappa shape index (κ1) is 86.2. The van der Waals surface area contributed by atoms with Crippen molar-refractivity contribution in [2.75, 3.05) is 26.4 Å². The third-order valence-electron chi connectivity index (χ3n) is 17.8. The fourth-order valence-electron chi connectivity index (χ4n) is 12.0. The lowest BCUT2D eigenvalue weighted by molar-refractivity contribution is -0.161. The molecule has 0 saturated carbocycles. The number of phosphoric ester groups is 1. The van der Waals surface area contributed by atoms with E-state index < -0.39 is 26.5 Å². The number of unbranched alkanes of at least 4 members (excludes halogenated alkanes) is 56. The van der Waals surface area contributed by atoms with Gasteiger partial charge in [0, 0.05) is 19.4 Å². The number of allylic oxidation sites excluding steroid dienone is 6. The molecule has 0 aromatic rings. The third kappa shape index (κ3) is 73.3. The number of rotatable bonds is 75. The monoisotopic (exact) mass is 1260 g/mol. The van der Waals surface area contributed by atoms with Crippen LogP contribution in [-0.4, -0.2) is 49.3 Å². The van der Waals surface area contributed by atoms with Gasteiger partial charge in [0.2, 0.25) is 0 Å². The van der Waals surface area contributed by atoms with Gasteiger partial charge < -0.3 is 20.1 Å². The number of ether oxygens (including phenoxy) is 2. The minimum Gasteiger partial charge on any atom is -0.462 e. The van der Waals surface area contributed by atoms with Crippen LogP contribution in [0.5, 0.6) is 0 Å². The molecule has 0 aromatic carbocycles. The summed E-state index contributed by atoms with van der Waals surface area (Å²) in [4.78, 5) is 35.4. The quantitative estimate of drug-likeness (QED) is 0.0264. The van der Waals surface area contributed by atoms with Crippen LogP contribution in [0.1, 0.15) is 418 Å². The van der Waals surface area contributed by atoms with Gasteiger partial charge in [-0.25, -0.2) is 4.57 Å². The summed E-state index contributed by atoms with van der Waals surface area (Å²) < 4.78 is 33.3. The highest BCUT2D eigenvalue weighted by molar-refractivity contribution is 7.47. The average Bonchev–Trinajstić information content (AvgIpc) is 3.71. The topological polar surface area (TPSA) is 134 Å². The molecule has 0 bridgehead atoms. The lowest BCUT2D eigenvalue weighted by atomic mass is 10.0. The Kier molecular flexibility index (Phi) is 72.8. The number of nitrogens with two attached hydrogens (primary N) is 1. The largest absolute Gasteiger partial charge is 0.472 e. The second-order valence-corrected chi connectivity index (χ2v) is 28.0. The van der Waals surface area contributed by atoms with Crippen LogP contribution in [-0.2, 0) is 32.7 Å². The SMILES string of the molecule is CCCCCCC/C=C\C/C=C\C/C=C\CCCCCCCCCCCCCCCCCCCCCCCCCCC(=O)OC(COC(=O)CCCCCCCCCCCCCCCCCCCCCCCCCCCCCC)COP(=O)(O)OCCN. The zero-order chi connectivity index (χ0) is 63.7. The third-order valence-corrected chi connectivity index (χ3v) is 18.8. The minimum absolute atomic E-state index is 0.0570. The molecule has 0 aliphatic carbocycles. The molecule has 0 aromatic heterocycles. The maximum atomic E-state index is 12.8. The maximum Gasteiger partial charge on any atom is 0.472 e. The van der Waals surface area contributed by atoms with Gasteiger partial charge in [0.15, 0.2) is 6.10 Å². The van der Waals surface area contributed by atoms with Gasteiger partial charge >= 0.3 is 19.8 Å². The van der Waals surface area contributed by atoms with Gasteiger partial charge in [0.05, 0.1) is 13.2 Å². The van der Waals surface area contributed by atoms with Gasteiger partial charge in [-0.3, -0.25) is 18.6 Å². The Morgan fingerprint density at radius 2 is 0.591 bits per heavy atom. The van der Waals surface area contributed by atoms with Gasteiger partial charge in [-0.2, -0.15) is 0 Å². The van der Waals surface area contributed by atoms with Crippen molar-refractivity contribution in [3.8, 4) is 0 Å². The molecule has 0 spiro atoms. The molecule has 0 amide bonds. The normalized spacial score (nSPS) is 13.0. The van der Waals surface area contributed by atoms with E-state index in [1.54, 1.807) is 0 Å². The number of hydrogen-bond acceptors (Lipinski definition) is 8. The van der Waals surface area contributed by atoms with Crippen molar-refractivity contribution in [3.63, 3.8) is 0 Å². The van der Waals surface area contributed by atoms with Gasteiger partial charge in [0.1, 0.15) is 6.61 Å². The predicted molar refractivity (Wildman–Crippen MR) is 381 cm³/mol. The summed E-state index contributed by atoms with van der Waals surface area (Å²) in [6.45, 7) is 3.82. The summed E-state index contributed by atoms with van der Waals surface area (Å²) in [6, 6.07) is 0. The summed E-state index contributed by atoms with van der Waals surface area (Å²) >= 11 is 0.